The van der Waals surface area contributed by atoms with Crippen LogP contribution in [0.1, 0.15) is 33.6 Å². The van der Waals surface area contributed by atoms with Gasteiger partial charge in [0.2, 0.25) is 17.7 Å². The number of para-hydroxylation sites is 1. The molecule has 2 aromatic carbocycles. The Hall–Kier alpha value is -3.04. The van der Waals surface area contributed by atoms with Crippen molar-refractivity contribution in [3.8, 4) is 0 Å². The number of amides is 3. The zero-order chi connectivity index (χ0) is 27.7. The summed E-state index contributed by atoms with van der Waals surface area (Å²) < 4.78 is -0.693. The molecule has 3 heterocycles. The van der Waals surface area contributed by atoms with Crippen LogP contribution in [0.4, 0.5) is 17.1 Å². The Morgan fingerprint density at radius 3 is 2.31 bits per heavy atom. The fourth-order valence-corrected chi connectivity index (χ4v) is 9.33. The standard InChI is InChI=1S/C30H38N4O4S/c1-4-33(5-2)22-14-12-21(13-15-22)32-28(37)26-30-19(3)18-23(39-30)24(25(30)29(38)34(26)16-9-17-35)27(36)31-20-10-7-6-8-11-20/h6-8,10-15,19,23-26,35H,4-5,9,16-18H2,1-3H3,(H,31,36)(H,32,37)/t19?,23-,24+,25+,26?,30?/m1/s1. The Morgan fingerprint density at radius 2 is 1.67 bits per heavy atom. The van der Waals surface area contributed by atoms with E-state index in [0.29, 0.717) is 17.8 Å². The highest BCUT2D eigenvalue weighted by molar-refractivity contribution is 8.02. The lowest BCUT2D eigenvalue weighted by Gasteiger charge is -2.38. The molecule has 2 bridgehead atoms. The number of carbonyl (C=O) groups excluding carboxylic acids is 3. The lowest BCUT2D eigenvalue weighted by Crippen LogP contribution is -2.54. The summed E-state index contributed by atoms with van der Waals surface area (Å²) in [6, 6.07) is 16.4. The SMILES string of the molecule is CCN(CC)c1ccc(NC(=O)C2N(CCCO)C(=O)[C@@H]3[C@@H](C(=O)Nc4ccccc4)[C@H]4CC(C)C23S4)cc1. The zero-order valence-electron chi connectivity index (χ0n) is 22.8. The van der Waals surface area contributed by atoms with Crippen LogP contribution in [0.2, 0.25) is 0 Å². The second kappa shape index (κ2) is 11.2. The van der Waals surface area contributed by atoms with Crippen molar-refractivity contribution < 1.29 is 19.5 Å². The number of thioether (sulfide) groups is 1. The largest absolute Gasteiger partial charge is 0.396 e. The van der Waals surface area contributed by atoms with Gasteiger partial charge >= 0.3 is 0 Å². The third-order valence-electron chi connectivity index (χ3n) is 8.66. The third kappa shape index (κ3) is 4.69. The average Bonchev–Trinajstić information content (AvgIpc) is 3.53. The molecule has 3 saturated heterocycles. The van der Waals surface area contributed by atoms with Crippen molar-refractivity contribution in [3.05, 3.63) is 54.6 Å². The Kier molecular flexibility index (Phi) is 7.91. The van der Waals surface area contributed by atoms with Gasteiger partial charge in [0.1, 0.15) is 6.04 Å². The van der Waals surface area contributed by atoms with Crippen LogP contribution < -0.4 is 15.5 Å². The maximum absolute atomic E-state index is 14.0. The maximum Gasteiger partial charge on any atom is 0.248 e. The number of anilines is 3. The highest BCUT2D eigenvalue weighted by Crippen LogP contribution is 2.68. The van der Waals surface area contributed by atoms with Gasteiger partial charge in [0.15, 0.2) is 0 Å². The molecule has 0 radical (unpaired) electrons. The van der Waals surface area contributed by atoms with Crippen LogP contribution in [-0.2, 0) is 14.4 Å². The summed E-state index contributed by atoms with van der Waals surface area (Å²) in [4.78, 5) is 45.5. The molecule has 9 heteroatoms. The molecule has 39 heavy (non-hydrogen) atoms. The first-order valence-corrected chi connectivity index (χ1v) is 14.8. The van der Waals surface area contributed by atoms with Gasteiger partial charge in [-0.25, -0.2) is 0 Å². The molecule has 3 unspecified atom stereocenters. The molecule has 2 aromatic rings. The molecule has 3 amide bonds. The van der Waals surface area contributed by atoms with Crippen molar-refractivity contribution in [3.63, 3.8) is 0 Å². The van der Waals surface area contributed by atoms with E-state index in [2.05, 4.69) is 36.3 Å². The van der Waals surface area contributed by atoms with E-state index in [4.69, 9.17) is 0 Å². The molecular formula is C30H38N4O4S. The van der Waals surface area contributed by atoms with E-state index < -0.39 is 22.6 Å². The van der Waals surface area contributed by atoms with E-state index in [1.54, 1.807) is 16.7 Å². The molecule has 3 fully saturated rings. The second-order valence-corrected chi connectivity index (χ2v) is 12.3. The fraction of sp³-hybridized carbons (Fsp3) is 0.500. The van der Waals surface area contributed by atoms with Crippen LogP contribution in [0.25, 0.3) is 0 Å². The van der Waals surface area contributed by atoms with E-state index >= 15 is 0 Å². The number of aliphatic hydroxyl groups excluding tert-OH is 1. The molecule has 0 aromatic heterocycles. The van der Waals surface area contributed by atoms with Crippen molar-refractivity contribution in [1.82, 2.24) is 4.90 Å². The quantitative estimate of drug-likeness (QED) is 0.416. The van der Waals surface area contributed by atoms with Gasteiger partial charge in [-0.2, -0.15) is 0 Å². The summed E-state index contributed by atoms with van der Waals surface area (Å²) in [7, 11) is 0. The predicted molar refractivity (Wildman–Crippen MR) is 156 cm³/mol. The lowest BCUT2D eigenvalue weighted by molar-refractivity contribution is -0.138. The molecule has 3 N–H and O–H groups in total. The van der Waals surface area contributed by atoms with E-state index in [-0.39, 0.29) is 42.0 Å². The highest BCUT2D eigenvalue weighted by atomic mass is 32.2. The van der Waals surface area contributed by atoms with Gasteiger partial charge in [0, 0.05) is 48.6 Å². The molecule has 0 aliphatic carbocycles. The number of rotatable bonds is 10. The Labute approximate surface area is 234 Å². The van der Waals surface area contributed by atoms with Gasteiger partial charge < -0.3 is 25.5 Å². The summed E-state index contributed by atoms with van der Waals surface area (Å²) in [6.07, 6.45) is 1.15. The Balaban J connectivity index is 1.44. The normalized spacial score (nSPS) is 28.9. The molecule has 208 valence electrons. The van der Waals surface area contributed by atoms with Crippen molar-refractivity contribution >= 4 is 46.5 Å². The van der Waals surface area contributed by atoms with Crippen LogP contribution in [0.3, 0.4) is 0 Å². The molecule has 3 aliphatic heterocycles. The monoisotopic (exact) mass is 550 g/mol. The summed E-state index contributed by atoms with van der Waals surface area (Å²) in [5.41, 5.74) is 2.46. The lowest BCUT2D eigenvalue weighted by atomic mass is 9.66. The maximum atomic E-state index is 14.0. The Bertz CT molecular complexity index is 1210. The number of likely N-dealkylation sites (tertiary alicyclic amines) is 1. The van der Waals surface area contributed by atoms with Gasteiger partial charge in [-0.3, -0.25) is 14.4 Å². The summed E-state index contributed by atoms with van der Waals surface area (Å²) >= 11 is 1.65. The summed E-state index contributed by atoms with van der Waals surface area (Å²) in [5.74, 6) is -1.57. The number of hydrogen-bond acceptors (Lipinski definition) is 6. The van der Waals surface area contributed by atoms with Gasteiger partial charge in [-0.1, -0.05) is 25.1 Å². The third-order valence-corrected chi connectivity index (χ3v) is 10.7. The molecular weight excluding hydrogens is 512 g/mol. The molecule has 8 nitrogen and oxygen atoms in total. The van der Waals surface area contributed by atoms with Crippen molar-refractivity contribution in [2.45, 2.75) is 49.7 Å². The van der Waals surface area contributed by atoms with Crippen molar-refractivity contribution in [2.75, 3.05) is 41.8 Å². The number of hydrogen-bond donors (Lipinski definition) is 3. The van der Waals surface area contributed by atoms with Crippen LogP contribution in [-0.4, -0.2) is 70.0 Å². The second-order valence-electron chi connectivity index (χ2n) is 10.7. The average molecular weight is 551 g/mol. The number of fused-ring (bicyclic) bond motifs is 1. The number of benzene rings is 2. The van der Waals surface area contributed by atoms with Crippen molar-refractivity contribution in [1.29, 1.82) is 0 Å². The first-order chi connectivity index (χ1) is 18.8. The van der Waals surface area contributed by atoms with Gasteiger partial charge in [-0.05, 0) is 69.0 Å². The molecule has 0 saturated carbocycles. The van der Waals surface area contributed by atoms with E-state index in [1.165, 1.54) is 0 Å². The van der Waals surface area contributed by atoms with E-state index in [1.807, 2.05) is 54.6 Å². The minimum atomic E-state index is -0.719. The summed E-state index contributed by atoms with van der Waals surface area (Å²) in [5, 5.41) is 15.6. The van der Waals surface area contributed by atoms with Crippen molar-refractivity contribution in [2.24, 2.45) is 17.8 Å². The number of aliphatic hydroxyl groups is 1. The first-order valence-electron chi connectivity index (χ1n) is 14.0. The zero-order valence-corrected chi connectivity index (χ0v) is 23.6. The number of carbonyl (C=O) groups is 3. The smallest absolute Gasteiger partial charge is 0.248 e. The highest BCUT2D eigenvalue weighted by Gasteiger charge is 2.75. The molecule has 1 spiro atoms. The summed E-state index contributed by atoms with van der Waals surface area (Å²) in [6.45, 7) is 8.30. The minimum absolute atomic E-state index is 0.0266. The van der Waals surface area contributed by atoms with Gasteiger partial charge in [-0.15, -0.1) is 11.8 Å². The molecule has 5 rings (SSSR count). The van der Waals surface area contributed by atoms with Crippen LogP contribution >= 0.6 is 11.8 Å². The Morgan fingerprint density at radius 1 is 1.03 bits per heavy atom. The topological polar surface area (TPSA) is 102 Å². The number of nitrogens with one attached hydrogen (secondary N) is 2. The van der Waals surface area contributed by atoms with Crippen LogP contribution in [0.5, 0.6) is 0 Å². The molecule has 6 atom stereocenters. The first kappa shape index (κ1) is 27.5. The predicted octanol–water partition coefficient (Wildman–Crippen LogP) is 3.83. The molecule has 3 aliphatic rings. The van der Waals surface area contributed by atoms with Gasteiger partial charge in [0.05, 0.1) is 16.6 Å². The van der Waals surface area contributed by atoms with Crippen LogP contribution in [0, 0.1) is 17.8 Å². The minimum Gasteiger partial charge on any atom is -0.396 e. The fourth-order valence-electron chi connectivity index (χ4n) is 6.90. The number of nitrogens with zero attached hydrogens (tertiary/aromatic N) is 2. The van der Waals surface area contributed by atoms with Crippen LogP contribution in [0.15, 0.2) is 54.6 Å². The van der Waals surface area contributed by atoms with Gasteiger partial charge in [0.25, 0.3) is 0 Å². The van der Waals surface area contributed by atoms with E-state index in [0.717, 1.165) is 25.2 Å². The van der Waals surface area contributed by atoms with E-state index in [9.17, 15) is 19.5 Å².